The fraction of sp³-hybridized carbons (Fsp3) is 0.303. The molecule has 1 fully saturated rings. The van der Waals surface area contributed by atoms with Crippen LogP contribution in [0.5, 0.6) is 0 Å². The molecule has 0 saturated carbocycles. The number of carboxylic acids is 3. The van der Waals surface area contributed by atoms with Crippen molar-refractivity contribution in [3.05, 3.63) is 85.3 Å². The summed E-state index contributed by atoms with van der Waals surface area (Å²) in [4.78, 5) is 46.7. The van der Waals surface area contributed by atoms with Gasteiger partial charge < -0.3 is 35.6 Å². The lowest BCUT2D eigenvalue weighted by Gasteiger charge is -2.18. The van der Waals surface area contributed by atoms with Gasteiger partial charge in [0.25, 0.3) is 0 Å². The van der Waals surface area contributed by atoms with Crippen LogP contribution in [0, 0.1) is 25.7 Å². The molecule has 2 aliphatic heterocycles. The number of aromatic nitrogens is 3. The zero-order chi connectivity index (χ0) is 31.2. The van der Waals surface area contributed by atoms with Crippen molar-refractivity contribution < 1.29 is 29.7 Å². The monoisotopic (exact) mass is 584 g/mol. The van der Waals surface area contributed by atoms with E-state index in [-0.39, 0.29) is 41.5 Å². The van der Waals surface area contributed by atoms with Crippen molar-refractivity contribution in [3.63, 3.8) is 0 Å². The van der Waals surface area contributed by atoms with Crippen LogP contribution in [0.25, 0.3) is 29.9 Å². The number of carboxylic acid groups (broad SMARTS) is 3. The number of carbonyl (C=O) groups is 3. The fourth-order valence-electron chi connectivity index (χ4n) is 6.36. The average molecular weight is 585 g/mol. The number of rotatable bonds is 8. The van der Waals surface area contributed by atoms with Gasteiger partial charge in [-0.3, -0.25) is 9.59 Å². The Morgan fingerprint density at radius 2 is 1.67 bits per heavy atom. The van der Waals surface area contributed by atoms with Gasteiger partial charge in [0.05, 0.1) is 17.7 Å². The highest BCUT2D eigenvalue weighted by atomic mass is 16.4. The molecule has 8 bridgehead atoms. The second-order valence-corrected chi connectivity index (χ2v) is 11.2. The number of aliphatic carboxylic acids is 2. The molecule has 0 spiro atoms. The molecular formula is C33H36N4O6. The van der Waals surface area contributed by atoms with Gasteiger partial charge in [0.1, 0.15) is 0 Å². The largest absolute Gasteiger partial charge is 0.481 e. The first kappa shape index (κ1) is 29.5. The second kappa shape index (κ2) is 11.4. The summed E-state index contributed by atoms with van der Waals surface area (Å²) in [7, 11) is 0. The Morgan fingerprint density at radius 3 is 2.30 bits per heavy atom. The maximum Gasteiger partial charge on any atom is 0.338 e. The highest BCUT2D eigenvalue weighted by Crippen LogP contribution is 2.42. The van der Waals surface area contributed by atoms with Gasteiger partial charge in [0, 0.05) is 68.6 Å². The Balaban J connectivity index is 1.92. The van der Waals surface area contributed by atoms with Gasteiger partial charge >= 0.3 is 17.9 Å². The third-order valence-corrected chi connectivity index (χ3v) is 8.67. The summed E-state index contributed by atoms with van der Waals surface area (Å²) in [5.41, 5.74) is 7.42. The van der Waals surface area contributed by atoms with Crippen LogP contribution in [0.1, 0.15) is 88.5 Å². The predicted octanol–water partition coefficient (Wildman–Crippen LogP) is 4.11. The number of nitrogens with one attached hydrogen (secondary N) is 4. The molecule has 0 aromatic carbocycles. The van der Waals surface area contributed by atoms with Gasteiger partial charge in [0.2, 0.25) is 0 Å². The van der Waals surface area contributed by atoms with E-state index < -0.39 is 24.3 Å². The number of fused-ring (bicyclic) bond motifs is 8. The number of hydrogen-bond donors (Lipinski definition) is 7. The maximum absolute atomic E-state index is 12.7. The quantitative estimate of drug-likeness (QED) is 0.209. The van der Waals surface area contributed by atoms with E-state index in [1.807, 2.05) is 39.0 Å². The van der Waals surface area contributed by atoms with E-state index in [0.717, 1.165) is 50.9 Å². The third-order valence-electron chi connectivity index (χ3n) is 8.67. The van der Waals surface area contributed by atoms with E-state index in [9.17, 15) is 29.7 Å². The van der Waals surface area contributed by atoms with E-state index in [1.165, 1.54) is 0 Å². The molecule has 224 valence electrons. The van der Waals surface area contributed by atoms with E-state index in [1.54, 1.807) is 13.0 Å². The first-order valence-corrected chi connectivity index (χ1v) is 14.3. The normalized spacial score (nSPS) is 17.5. The first-order valence-electron chi connectivity index (χ1n) is 14.3. The summed E-state index contributed by atoms with van der Waals surface area (Å²) in [6.45, 7) is 11.7. The SMILES string of the molecule is C=Cc1c2[nH]c(c1C)C=C1NC(=C(CC(=O)O)c3[nH]c(c(C)c3C(=O)O)C=c3[nH]c(cc3CC)=C2)C(CCC(=O)O)C1C. The zero-order valence-electron chi connectivity index (χ0n) is 24.6. The summed E-state index contributed by atoms with van der Waals surface area (Å²) >= 11 is 0. The Bertz CT molecular complexity index is 1860. The molecule has 10 heteroatoms. The summed E-state index contributed by atoms with van der Waals surface area (Å²) in [6, 6.07) is 2.05. The number of allylic oxidation sites excluding steroid dienone is 2. The summed E-state index contributed by atoms with van der Waals surface area (Å²) < 4.78 is 0. The number of hydrogen-bond acceptors (Lipinski definition) is 4. The van der Waals surface area contributed by atoms with Crippen LogP contribution in [0.15, 0.2) is 24.0 Å². The van der Waals surface area contributed by atoms with Crippen molar-refractivity contribution in [3.8, 4) is 0 Å². The molecule has 3 aromatic heterocycles. The van der Waals surface area contributed by atoms with Crippen LogP contribution in [0.4, 0.5) is 0 Å². The van der Waals surface area contributed by atoms with E-state index >= 15 is 0 Å². The van der Waals surface area contributed by atoms with Gasteiger partial charge in [0.15, 0.2) is 0 Å². The maximum atomic E-state index is 12.7. The highest BCUT2D eigenvalue weighted by Gasteiger charge is 2.37. The summed E-state index contributed by atoms with van der Waals surface area (Å²) in [6.07, 6.45) is 8.02. The van der Waals surface area contributed by atoms with Crippen LogP contribution in [0.2, 0.25) is 0 Å². The Kier molecular flexibility index (Phi) is 7.79. The molecule has 2 aliphatic rings. The van der Waals surface area contributed by atoms with Crippen molar-refractivity contribution in [2.24, 2.45) is 11.8 Å². The number of H-pyrrole nitrogens is 3. The zero-order valence-corrected chi connectivity index (χ0v) is 24.6. The van der Waals surface area contributed by atoms with E-state index in [0.29, 0.717) is 17.0 Å². The van der Waals surface area contributed by atoms with Crippen molar-refractivity contribution in [2.45, 2.75) is 53.4 Å². The molecule has 0 amide bonds. The molecule has 10 nitrogen and oxygen atoms in total. The Morgan fingerprint density at radius 1 is 0.953 bits per heavy atom. The molecule has 1 saturated heterocycles. The smallest absolute Gasteiger partial charge is 0.338 e. The highest BCUT2D eigenvalue weighted by molar-refractivity contribution is 5.99. The minimum Gasteiger partial charge on any atom is -0.481 e. The first-order chi connectivity index (χ1) is 20.4. The number of aryl methyl sites for hydroxylation is 1. The number of aromatic amines is 3. The molecule has 3 aromatic rings. The second-order valence-electron chi connectivity index (χ2n) is 11.2. The van der Waals surface area contributed by atoms with Crippen molar-refractivity contribution >= 4 is 47.8 Å². The minimum atomic E-state index is -1.18. The van der Waals surface area contributed by atoms with Gasteiger partial charge in [-0.2, -0.15) is 0 Å². The van der Waals surface area contributed by atoms with Crippen LogP contribution < -0.4 is 16.0 Å². The topological polar surface area (TPSA) is 171 Å². The summed E-state index contributed by atoms with van der Waals surface area (Å²) in [5, 5.41) is 34.9. The molecule has 2 atom stereocenters. The van der Waals surface area contributed by atoms with Crippen molar-refractivity contribution in [1.82, 2.24) is 20.3 Å². The predicted molar refractivity (Wildman–Crippen MR) is 164 cm³/mol. The van der Waals surface area contributed by atoms with Gasteiger partial charge in [-0.15, -0.1) is 0 Å². The fourth-order valence-corrected chi connectivity index (χ4v) is 6.36. The molecule has 5 rings (SSSR count). The van der Waals surface area contributed by atoms with Crippen LogP contribution >= 0.6 is 0 Å². The van der Waals surface area contributed by atoms with Crippen LogP contribution in [-0.4, -0.2) is 48.2 Å². The molecule has 5 heterocycles. The lowest BCUT2D eigenvalue weighted by molar-refractivity contribution is -0.137. The van der Waals surface area contributed by atoms with Gasteiger partial charge in [-0.05, 0) is 67.7 Å². The molecular weight excluding hydrogens is 548 g/mol. The van der Waals surface area contributed by atoms with Crippen LogP contribution in [0.3, 0.4) is 0 Å². The van der Waals surface area contributed by atoms with Crippen molar-refractivity contribution in [1.29, 1.82) is 0 Å². The summed E-state index contributed by atoms with van der Waals surface area (Å²) in [5.74, 6) is -3.87. The van der Waals surface area contributed by atoms with Crippen molar-refractivity contribution in [2.75, 3.05) is 0 Å². The van der Waals surface area contributed by atoms with Gasteiger partial charge in [-0.25, -0.2) is 4.79 Å². The lowest BCUT2D eigenvalue weighted by Crippen LogP contribution is -2.16. The third kappa shape index (κ3) is 5.36. The molecule has 43 heavy (non-hydrogen) atoms. The Labute approximate surface area is 248 Å². The number of aromatic carboxylic acids is 1. The minimum absolute atomic E-state index is 0.0142. The molecule has 0 aliphatic carbocycles. The van der Waals surface area contributed by atoms with E-state index in [2.05, 4.69) is 32.9 Å². The van der Waals surface area contributed by atoms with E-state index in [4.69, 9.17) is 0 Å². The lowest BCUT2D eigenvalue weighted by atomic mass is 9.85. The van der Waals surface area contributed by atoms with Crippen LogP contribution in [-0.2, 0) is 16.0 Å². The molecule has 2 unspecified atom stereocenters. The average Bonchev–Trinajstić information content (AvgIpc) is 3.65. The Hall–Kier alpha value is -4.99. The van der Waals surface area contributed by atoms with Gasteiger partial charge in [-0.1, -0.05) is 26.5 Å². The molecule has 7 N–H and O–H groups in total. The standard InChI is InChI=1S/C33H36N4O6/c1-6-18-10-19-11-27-20(7-2)15(3)23(35-27)13-24-16(4)21(8-9-28(38)39)31(36-24)22(12-29(40)41)32-30(33(42)43)17(5)25(37-32)14-26(18)34-19/h7,10-11,13-14,16,21,34-37H,2,6,8-9,12H2,1,3-5H3,(H,38,39)(H,40,41)(H,42,43). The molecule has 0 radical (unpaired) electrons.